The minimum absolute atomic E-state index is 0.324. The lowest BCUT2D eigenvalue weighted by Gasteiger charge is -2.10. The number of aromatic nitrogens is 2. The number of hydrogen-bond donors (Lipinski definition) is 1. The Morgan fingerprint density at radius 3 is 2.94 bits per heavy atom. The number of nitrogens with zero attached hydrogens (tertiary/aromatic N) is 2. The Kier molecular flexibility index (Phi) is 3.97. The van der Waals surface area contributed by atoms with E-state index in [4.69, 9.17) is 0 Å². The summed E-state index contributed by atoms with van der Waals surface area (Å²) < 4.78 is 1.97. The van der Waals surface area contributed by atoms with Gasteiger partial charge in [0, 0.05) is 30.0 Å². The van der Waals surface area contributed by atoms with Crippen molar-refractivity contribution < 1.29 is 5.11 Å². The third-order valence-corrected chi connectivity index (χ3v) is 3.65. The lowest BCUT2D eigenvalue weighted by atomic mass is 10.1. The van der Waals surface area contributed by atoms with E-state index >= 15 is 0 Å². The van der Waals surface area contributed by atoms with Crippen LogP contribution in [0.15, 0.2) is 23.6 Å². The predicted octanol–water partition coefficient (Wildman–Crippen LogP) is 2.42. The fraction of sp³-hybridized carbons (Fsp3) is 0.462. The number of thiophene rings is 1. The number of aliphatic hydroxyl groups excluding tert-OH is 1. The van der Waals surface area contributed by atoms with Gasteiger partial charge >= 0.3 is 0 Å². The van der Waals surface area contributed by atoms with Crippen LogP contribution < -0.4 is 0 Å². The highest BCUT2D eigenvalue weighted by Crippen LogP contribution is 2.14. The van der Waals surface area contributed by atoms with Crippen LogP contribution in [-0.4, -0.2) is 21.0 Å². The lowest BCUT2D eigenvalue weighted by molar-refractivity contribution is 0.173. The van der Waals surface area contributed by atoms with Gasteiger partial charge < -0.3 is 5.11 Å². The van der Waals surface area contributed by atoms with Gasteiger partial charge in [0.15, 0.2) is 0 Å². The molecule has 0 aliphatic heterocycles. The smallest absolute Gasteiger partial charge is 0.0643 e. The van der Waals surface area contributed by atoms with Crippen molar-refractivity contribution in [2.24, 2.45) is 0 Å². The zero-order valence-corrected chi connectivity index (χ0v) is 11.1. The summed E-state index contributed by atoms with van der Waals surface area (Å²) in [5, 5.41) is 16.5. The Labute approximate surface area is 106 Å². The first-order valence-corrected chi connectivity index (χ1v) is 6.80. The van der Waals surface area contributed by atoms with Gasteiger partial charge in [-0.15, -0.1) is 11.3 Å². The predicted molar refractivity (Wildman–Crippen MR) is 70.4 cm³/mol. The number of hydrogen-bond acceptors (Lipinski definition) is 3. The maximum absolute atomic E-state index is 10.1. The number of rotatable bonds is 5. The molecule has 0 aliphatic rings. The molecule has 17 heavy (non-hydrogen) atoms. The van der Waals surface area contributed by atoms with Crippen molar-refractivity contribution in [2.75, 3.05) is 0 Å². The molecule has 1 atom stereocenters. The SMILES string of the molecule is CCn1nc(C)cc1CC(O)Cc1cccs1. The van der Waals surface area contributed by atoms with Crippen LogP contribution in [0.3, 0.4) is 0 Å². The highest BCUT2D eigenvalue weighted by Gasteiger charge is 2.11. The van der Waals surface area contributed by atoms with E-state index < -0.39 is 0 Å². The Balaban J connectivity index is 2.00. The third kappa shape index (κ3) is 3.17. The molecule has 0 aromatic carbocycles. The van der Waals surface area contributed by atoms with E-state index in [9.17, 15) is 5.11 Å². The van der Waals surface area contributed by atoms with Gasteiger partial charge in [-0.05, 0) is 31.4 Å². The molecule has 0 saturated heterocycles. The fourth-order valence-corrected chi connectivity index (χ4v) is 2.79. The van der Waals surface area contributed by atoms with E-state index in [0.29, 0.717) is 6.42 Å². The summed E-state index contributed by atoms with van der Waals surface area (Å²) in [6.07, 6.45) is 1.08. The summed E-state index contributed by atoms with van der Waals surface area (Å²) in [5.41, 5.74) is 2.14. The van der Waals surface area contributed by atoms with Crippen LogP contribution in [0.1, 0.15) is 23.2 Å². The molecule has 3 nitrogen and oxygen atoms in total. The topological polar surface area (TPSA) is 38.0 Å². The molecule has 92 valence electrons. The summed E-state index contributed by atoms with van der Waals surface area (Å²) in [6.45, 7) is 4.91. The molecular formula is C13H18N2OS. The van der Waals surface area contributed by atoms with Crippen molar-refractivity contribution in [3.05, 3.63) is 39.8 Å². The van der Waals surface area contributed by atoms with Gasteiger partial charge in [-0.25, -0.2) is 0 Å². The number of aliphatic hydroxyl groups is 1. The van der Waals surface area contributed by atoms with Crippen LogP contribution >= 0.6 is 11.3 Å². The summed E-state index contributed by atoms with van der Waals surface area (Å²) >= 11 is 1.69. The van der Waals surface area contributed by atoms with Crippen LogP contribution in [0.2, 0.25) is 0 Å². The van der Waals surface area contributed by atoms with Crippen LogP contribution in [0.25, 0.3) is 0 Å². The largest absolute Gasteiger partial charge is 0.392 e. The minimum atomic E-state index is -0.324. The number of aryl methyl sites for hydroxylation is 2. The molecule has 0 bridgehead atoms. The maximum atomic E-state index is 10.1. The van der Waals surface area contributed by atoms with Crippen molar-refractivity contribution in [1.82, 2.24) is 9.78 Å². The van der Waals surface area contributed by atoms with E-state index in [0.717, 1.165) is 24.4 Å². The summed E-state index contributed by atoms with van der Waals surface area (Å²) in [7, 11) is 0. The average molecular weight is 250 g/mol. The second-order valence-electron chi connectivity index (χ2n) is 4.23. The van der Waals surface area contributed by atoms with Gasteiger partial charge in [-0.2, -0.15) is 5.10 Å². The monoisotopic (exact) mass is 250 g/mol. The molecule has 0 fully saturated rings. The highest BCUT2D eigenvalue weighted by molar-refractivity contribution is 7.09. The quantitative estimate of drug-likeness (QED) is 0.885. The first-order valence-electron chi connectivity index (χ1n) is 5.92. The molecule has 0 radical (unpaired) electrons. The van der Waals surface area contributed by atoms with Crippen molar-refractivity contribution in [1.29, 1.82) is 0 Å². The molecule has 0 saturated carbocycles. The normalized spacial score (nSPS) is 12.9. The summed E-state index contributed by atoms with van der Waals surface area (Å²) in [5.74, 6) is 0. The zero-order valence-electron chi connectivity index (χ0n) is 10.3. The highest BCUT2D eigenvalue weighted by atomic mass is 32.1. The second kappa shape index (κ2) is 5.47. The van der Waals surface area contributed by atoms with E-state index in [-0.39, 0.29) is 6.10 Å². The van der Waals surface area contributed by atoms with E-state index in [1.54, 1.807) is 11.3 Å². The van der Waals surface area contributed by atoms with Crippen LogP contribution in [-0.2, 0) is 19.4 Å². The molecule has 2 heterocycles. The molecule has 0 amide bonds. The second-order valence-corrected chi connectivity index (χ2v) is 5.27. The lowest BCUT2D eigenvalue weighted by Crippen LogP contribution is -2.16. The van der Waals surface area contributed by atoms with E-state index in [2.05, 4.69) is 24.2 Å². The van der Waals surface area contributed by atoms with Crippen LogP contribution in [0.5, 0.6) is 0 Å². The van der Waals surface area contributed by atoms with Crippen molar-refractivity contribution in [3.8, 4) is 0 Å². The van der Waals surface area contributed by atoms with Gasteiger partial charge in [-0.1, -0.05) is 6.07 Å². The van der Waals surface area contributed by atoms with Crippen LogP contribution in [0.4, 0.5) is 0 Å². The molecule has 2 aromatic heterocycles. The van der Waals surface area contributed by atoms with Crippen molar-refractivity contribution in [2.45, 2.75) is 39.3 Å². The van der Waals surface area contributed by atoms with Gasteiger partial charge in [-0.3, -0.25) is 4.68 Å². The van der Waals surface area contributed by atoms with E-state index in [1.165, 1.54) is 4.88 Å². The molecule has 2 aromatic rings. The molecule has 1 unspecified atom stereocenters. The average Bonchev–Trinajstić information content (AvgIpc) is 2.88. The summed E-state index contributed by atoms with van der Waals surface area (Å²) in [4.78, 5) is 1.23. The molecule has 0 aliphatic carbocycles. The molecule has 4 heteroatoms. The minimum Gasteiger partial charge on any atom is -0.392 e. The Morgan fingerprint density at radius 2 is 2.29 bits per heavy atom. The molecule has 0 spiro atoms. The first kappa shape index (κ1) is 12.3. The molecule has 1 N–H and O–H groups in total. The van der Waals surface area contributed by atoms with Gasteiger partial charge in [0.2, 0.25) is 0 Å². The van der Waals surface area contributed by atoms with Crippen LogP contribution in [0, 0.1) is 6.92 Å². The maximum Gasteiger partial charge on any atom is 0.0643 e. The van der Waals surface area contributed by atoms with Crippen molar-refractivity contribution >= 4 is 11.3 Å². The Bertz CT molecular complexity index is 462. The standard InChI is InChI=1S/C13H18N2OS/c1-3-15-11(7-10(2)14-15)8-12(16)9-13-5-4-6-17-13/h4-7,12,16H,3,8-9H2,1-2H3. The van der Waals surface area contributed by atoms with Crippen molar-refractivity contribution in [3.63, 3.8) is 0 Å². The first-order chi connectivity index (χ1) is 8.19. The zero-order chi connectivity index (χ0) is 12.3. The Morgan fingerprint density at radius 1 is 1.47 bits per heavy atom. The van der Waals surface area contributed by atoms with Gasteiger partial charge in [0.05, 0.1) is 11.8 Å². The van der Waals surface area contributed by atoms with E-state index in [1.807, 2.05) is 23.1 Å². The molecule has 2 rings (SSSR count). The summed E-state index contributed by atoms with van der Waals surface area (Å²) in [6, 6.07) is 6.14. The third-order valence-electron chi connectivity index (χ3n) is 2.75. The fourth-order valence-electron chi connectivity index (χ4n) is 2.01. The van der Waals surface area contributed by atoms with Gasteiger partial charge in [0.25, 0.3) is 0 Å². The Hall–Kier alpha value is -1.13. The van der Waals surface area contributed by atoms with Gasteiger partial charge in [0.1, 0.15) is 0 Å². The molecular weight excluding hydrogens is 232 g/mol.